The van der Waals surface area contributed by atoms with Gasteiger partial charge < -0.3 is 4.74 Å². The zero-order valence-corrected chi connectivity index (χ0v) is 22.7. The minimum absolute atomic E-state index is 0.125. The highest BCUT2D eigenvalue weighted by Gasteiger charge is 2.11. The smallest absolute Gasteiger partial charge is 0.264 e. The molecular formula is C27H56O4S. The van der Waals surface area contributed by atoms with Gasteiger partial charge in [-0.1, -0.05) is 129 Å². The Hall–Kier alpha value is -0.130. The summed E-state index contributed by atoms with van der Waals surface area (Å²) in [7, 11) is -3.36. The average Bonchev–Trinajstić information content (AvgIpc) is 2.75. The third-order valence-corrected chi connectivity index (χ3v) is 6.81. The van der Waals surface area contributed by atoms with Crippen molar-refractivity contribution < 1.29 is 17.3 Å². The van der Waals surface area contributed by atoms with Crippen LogP contribution in [0.2, 0.25) is 0 Å². The maximum absolute atomic E-state index is 11.2. The Labute approximate surface area is 201 Å². The zero-order valence-electron chi connectivity index (χ0n) is 21.9. The van der Waals surface area contributed by atoms with Crippen molar-refractivity contribution in [2.24, 2.45) is 0 Å². The van der Waals surface area contributed by atoms with Gasteiger partial charge in [0.25, 0.3) is 10.1 Å². The largest absolute Gasteiger partial charge is 0.378 e. The molecule has 1 atom stereocenters. The third kappa shape index (κ3) is 26.1. The summed E-state index contributed by atoms with van der Waals surface area (Å²) in [5.41, 5.74) is 0. The zero-order chi connectivity index (χ0) is 23.8. The van der Waals surface area contributed by atoms with Gasteiger partial charge in [0.2, 0.25) is 0 Å². The SMILES string of the molecule is CCCCCCCCCCCCO[C@H](CCCCCCCCCCC)CCOS(C)(=O)=O. The summed E-state index contributed by atoms with van der Waals surface area (Å²) in [4.78, 5) is 0. The first-order valence-corrected chi connectivity index (χ1v) is 15.8. The lowest BCUT2D eigenvalue weighted by atomic mass is 10.0. The van der Waals surface area contributed by atoms with Crippen LogP contribution in [-0.4, -0.2) is 34.0 Å². The molecule has 0 radical (unpaired) electrons. The Morgan fingerprint density at radius 3 is 1.38 bits per heavy atom. The normalized spacial score (nSPS) is 13.0. The van der Waals surface area contributed by atoms with Crippen LogP contribution < -0.4 is 0 Å². The van der Waals surface area contributed by atoms with E-state index in [2.05, 4.69) is 13.8 Å². The molecule has 0 aromatic rings. The number of rotatable bonds is 26. The fourth-order valence-corrected chi connectivity index (χ4v) is 4.56. The highest BCUT2D eigenvalue weighted by Crippen LogP contribution is 2.16. The topological polar surface area (TPSA) is 52.6 Å². The molecule has 0 fully saturated rings. The summed E-state index contributed by atoms with van der Waals surface area (Å²) >= 11 is 0. The first-order chi connectivity index (χ1) is 15.5. The van der Waals surface area contributed by atoms with Crippen LogP contribution in [0.5, 0.6) is 0 Å². The molecule has 194 valence electrons. The fraction of sp³-hybridized carbons (Fsp3) is 1.00. The van der Waals surface area contributed by atoms with Gasteiger partial charge in [0.1, 0.15) is 0 Å². The van der Waals surface area contributed by atoms with E-state index in [1.165, 1.54) is 109 Å². The van der Waals surface area contributed by atoms with Crippen molar-refractivity contribution >= 4 is 10.1 Å². The molecule has 0 saturated heterocycles. The van der Waals surface area contributed by atoms with Gasteiger partial charge >= 0.3 is 0 Å². The Morgan fingerprint density at radius 1 is 0.531 bits per heavy atom. The number of hydrogen-bond donors (Lipinski definition) is 0. The van der Waals surface area contributed by atoms with E-state index in [4.69, 9.17) is 8.92 Å². The Morgan fingerprint density at radius 2 is 0.938 bits per heavy atom. The molecule has 0 aromatic heterocycles. The van der Waals surface area contributed by atoms with Crippen molar-refractivity contribution in [2.75, 3.05) is 19.5 Å². The van der Waals surface area contributed by atoms with E-state index in [1.807, 2.05) is 0 Å². The fourth-order valence-electron chi connectivity index (χ4n) is 4.16. The van der Waals surface area contributed by atoms with Gasteiger partial charge in [0.15, 0.2) is 0 Å². The van der Waals surface area contributed by atoms with Crippen LogP contribution in [0, 0.1) is 0 Å². The van der Waals surface area contributed by atoms with Gasteiger partial charge in [0.05, 0.1) is 19.0 Å². The number of ether oxygens (including phenoxy) is 1. The Kier molecular flexibility index (Phi) is 23.9. The van der Waals surface area contributed by atoms with E-state index in [-0.39, 0.29) is 12.7 Å². The molecule has 0 heterocycles. The predicted molar refractivity (Wildman–Crippen MR) is 139 cm³/mol. The van der Waals surface area contributed by atoms with Crippen molar-refractivity contribution in [3.05, 3.63) is 0 Å². The maximum Gasteiger partial charge on any atom is 0.264 e. The molecule has 0 aliphatic heterocycles. The van der Waals surface area contributed by atoms with E-state index in [0.29, 0.717) is 6.42 Å². The maximum atomic E-state index is 11.2. The second-order valence-electron chi connectivity index (χ2n) is 9.61. The average molecular weight is 477 g/mol. The van der Waals surface area contributed by atoms with Crippen LogP contribution in [0.1, 0.15) is 149 Å². The van der Waals surface area contributed by atoms with Crippen molar-refractivity contribution in [1.82, 2.24) is 0 Å². The summed E-state index contributed by atoms with van der Waals surface area (Å²) in [6.45, 7) is 5.55. The number of unbranched alkanes of at least 4 members (excludes halogenated alkanes) is 17. The minimum atomic E-state index is -3.36. The second kappa shape index (κ2) is 24.0. The van der Waals surface area contributed by atoms with Crippen LogP contribution in [0.4, 0.5) is 0 Å². The molecule has 5 heteroatoms. The van der Waals surface area contributed by atoms with Crippen molar-refractivity contribution in [3.63, 3.8) is 0 Å². The molecule has 0 bridgehead atoms. The van der Waals surface area contributed by atoms with Gasteiger partial charge in [-0.25, -0.2) is 0 Å². The molecule has 0 saturated carbocycles. The molecule has 0 rings (SSSR count). The first kappa shape index (κ1) is 31.9. The van der Waals surface area contributed by atoms with Crippen LogP contribution >= 0.6 is 0 Å². The molecule has 0 N–H and O–H groups in total. The molecule has 4 nitrogen and oxygen atoms in total. The van der Waals surface area contributed by atoms with E-state index < -0.39 is 10.1 Å². The predicted octanol–water partition coefficient (Wildman–Crippen LogP) is 8.58. The Bertz CT molecular complexity index is 464. The quantitative estimate of drug-likeness (QED) is 0.0926. The third-order valence-electron chi connectivity index (χ3n) is 6.22. The molecule has 0 aliphatic rings. The molecule has 32 heavy (non-hydrogen) atoms. The summed E-state index contributed by atoms with van der Waals surface area (Å²) in [5.74, 6) is 0. The lowest BCUT2D eigenvalue weighted by Crippen LogP contribution is -2.18. The lowest BCUT2D eigenvalue weighted by molar-refractivity contribution is 0.0294. The first-order valence-electron chi connectivity index (χ1n) is 14.0. The van der Waals surface area contributed by atoms with Gasteiger partial charge in [-0.3, -0.25) is 4.18 Å². The summed E-state index contributed by atoms with van der Waals surface area (Å²) in [6.07, 6.45) is 28.0. The van der Waals surface area contributed by atoms with E-state index in [9.17, 15) is 8.42 Å². The van der Waals surface area contributed by atoms with Crippen LogP contribution in [0.15, 0.2) is 0 Å². The molecule has 0 spiro atoms. The monoisotopic (exact) mass is 476 g/mol. The van der Waals surface area contributed by atoms with E-state index >= 15 is 0 Å². The summed E-state index contributed by atoms with van der Waals surface area (Å²) in [6, 6.07) is 0. The van der Waals surface area contributed by atoms with Gasteiger partial charge in [-0.05, 0) is 19.3 Å². The van der Waals surface area contributed by atoms with Gasteiger partial charge in [-0.15, -0.1) is 0 Å². The molecule has 0 unspecified atom stereocenters. The molecule has 0 aromatic carbocycles. The van der Waals surface area contributed by atoms with E-state index in [1.54, 1.807) is 0 Å². The number of hydrogen-bond acceptors (Lipinski definition) is 4. The highest BCUT2D eigenvalue weighted by atomic mass is 32.2. The van der Waals surface area contributed by atoms with Crippen molar-refractivity contribution in [2.45, 2.75) is 155 Å². The second-order valence-corrected chi connectivity index (χ2v) is 11.3. The highest BCUT2D eigenvalue weighted by molar-refractivity contribution is 7.85. The Balaban J connectivity index is 3.83. The molecular weight excluding hydrogens is 420 g/mol. The molecule has 0 aliphatic carbocycles. The lowest BCUT2D eigenvalue weighted by Gasteiger charge is -2.18. The van der Waals surface area contributed by atoms with Gasteiger partial charge in [-0.2, -0.15) is 8.42 Å². The van der Waals surface area contributed by atoms with Crippen LogP contribution in [0.25, 0.3) is 0 Å². The van der Waals surface area contributed by atoms with E-state index in [0.717, 1.165) is 32.1 Å². The van der Waals surface area contributed by atoms with Crippen LogP contribution in [-0.2, 0) is 19.0 Å². The minimum Gasteiger partial charge on any atom is -0.378 e. The van der Waals surface area contributed by atoms with Crippen molar-refractivity contribution in [3.8, 4) is 0 Å². The molecule has 0 amide bonds. The van der Waals surface area contributed by atoms with Crippen molar-refractivity contribution in [1.29, 1.82) is 0 Å². The summed E-state index contributed by atoms with van der Waals surface area (Å²) < 4.78 is 33.5. The summed E-state index contributed by atoms with van der Waals surface area (Å²) in [5, 5.41) is 0. The van der Waals surface area contributed by atoms with Gasteiger partial charge in [0, 0.05) is 6.61 Å². The van der Waals surface area contributed by atoms with Crippen LogP contribution in [0.3, 0.4) is 0 Å². The standard InChI is InChI=1S/C27H56O4S/c1-4-6-8-10-12-14-16-18-20-22-25-30-27(24-26-31-32(3,28)29)23-21-19-17-15-13-11-9-7-5-2/h27H,4-26H2,1-3H3/t27-/m1/s1.